The minimum absolute atomic E-state index is 0.201. The summed E-state index contributed by atoms with van der Waals surface area (Å²) in [4.78, 5) is 25.0. The topological polar surface area (TPSA) is 76.0 Å². The lowest BCUT2D eigenvalue weighted by Crippen LogP contribution is -2.21. The van der Waals surface area contributed by atoms with Gasteiger partial charge in [0.1, 0.15) is 5.69 Å². The van der Waals surface area contributed by atoms with Gasteiger partial charge >= 0.3 is 0 Å². The highest BCUT2D eigenvalue weighted by atomic mass is 16.2. The van der Waals surface area contributed by atoms with E-state index < -0.39 is 0 Å². The molecule has 120 valence electrons. The van der Waals surface area contributed by atoms with Gasteiger partial charge < -0.3 is 10.6 Å². The molecule has 2 N–H and O–H groups in total. The van der Waals surface area contributed by atoms with E-state index >= 15 is 0 Å². The van der Waals surface area contributed by atoms with Crippen molar-refractivity contribution in [3.63, 3.8) is 0 Å². The average molecular weight is 320 g/mol. The molecule has 0 saturated heterocycles. The summed E-state index contributed by atoms with van der Waals surface area (Å²) in [5.41, 5.74) is 1.72. The van der Waals surface area contributed by atoms with Crippen LogP contribution >= 0.6 is 0 Å². The molecule has 1 heterocycles. The molecule has 0 fully saturated rings. The van der Waals surface area contributed by atoms with Gasteiger partial charge in [-0.1, -0.05) is 36.4 Å². The Bertz CT molecular complexity index is 857. The minimum atomic E-state index is -0.389. The number of aromatic nitrogens is 2. The zero-order valence-corrected chi connectivity index (χ0v) is 13.1. The Morgan fingerprint density at radius 2 is 1.33 bits per heavy atom. The van der Waals surface area contributed by atoms with Crippen molar-refractivity contribution < 1.29 is 9.59 Å². The lowest BCUT2D eigenvalue weighted by molar-refractivity contribution is 0.0985. The molecule has 6 heteroatoms. The van der Waals surface area contributed by atoms with Gasteiger partial charge in [-0.2, -0.15) is 5.10 Å². The van der Waals surface area contributed by atoms with Crippen LogP contribution in [0.2, 0.25) is 0 Å². The van der Waals surface area contributed by atoms with Crippen LogP contribution in [0.1, 0.15) is 20.8 Å². The van der Waals surface area contributed by atoms with Crippen molar-refractivity contribution in [1.29, 1.82) is 0 Å². The van der Waals surface area contributed by atoms with Gasteiger partial charge in [-0.3, -0.25) is 14.3 Å². The van der Waals surface area contributed by atoms with Crippen LogP contribution in [0.15, 0.2) is 66.9 Å². The number of carbonyl (C=O) groups excluding carboxylic acids is 2. The molecule has 3 rings (SSSR count). The van der Waals surface area contributed by atoms with Gasteiger partial charge in [-0.25, -0.2) is 0 Å². The van der Waals surface area contributed by atoms with Gasteiger partial charge in [-0.05, 0) is 24.3 Å². The molecule has 0 unspecified atom stereocenters. The number of aryl methyl sites for hydroxylation is 1. The molecule has 0 aliphatic heterocycles. The second-order valence-electron chi connectivity index (χ2n) is 5.17. The van der Waals surface area contributed by atoms with Crippen molar-refractivity contribution in [2.24, 2.45) is 7.05 Å². The van der Waals surface area contributed by atoms with Crippen LogP contribution in [0.5, 0.6) is 0 Å². The molecule has 2 aromatic carbocycles. The molecule has 0 aliphatic carbocycles. The monoisotopic (exact) mass is 320 g/mol. The molecular formula is C18H16N4O2. The van der Waals surface area contributed by atoms with E-state index in [4.69, 9.17) is 0 Å². The van der Waals surface area contributed by atoms with Crippen molar-refractivity contribution in [2.45, 2.75) is 0 Å². The van der Waals surface area contributed by atoms with E-state index in [-0.39, 0.29) is 23.1 Å². The summed E-state index contributed by atoms with van der Waals surface area (Å²) in [5.74, 6) is -0.771. The number of amides is 2. The second kappa shape index (κ2) is 6.78. The molecule has 24 heavy (non-hydrogen) atoms. The SMILES string of the molecule is Cn1ncc(C(=O)Nc2ccccc2)c1C(=O)Nc1ccccc1. The lowest BCUT2D eigenvalue weighted by atomic mass is 10.2. The predicted molar refractivity (Wildman–Crippen MR) is 92.0 cm³/mol. The van der Waals surface area contributed by atoms with Crippen molar-refractivity contribution >= 4 is 23.2 Å². The van der Waals surface area contributed by atoms with E-state index in [1.807, 2.05) is 36.4 Å². The summed E-state index contributed by atoms with van der Waals surface area (Å²) in [6.45, 7) is 0. The quantitative estimate of drug-likeness (QED) is 0.776. The first-order valence-corrected chi connectivity index (χ1v) is 7.40. The third kappa shape index (κ3) is 3.33. The lowest BCUT2D eigenvalue weighted by Gasteiger charge is -2.08. The van der Waals surface area contributed by atoms with Gasteiger partial charge in [0.25, 0.3) is 11.8 Å². The fraction of sp³-hybridized carbons (Fsp3) is 0.0556. The van der Waals surface area contributed by atoms with E-state index in [0.29, 0.717) is 11.4 Å². The number of hydrogen-bond acceptors (Lipinski definition) is 3. The number of benzene rings is 2. The maximum absolute atomic E-state index is 12.5. The Labute approximate surface area is 139 Å². The predicted octanol–water partition coefficient (Wildman–Crippen LogP) is 2.92. The summed E-state index contributed by atoms with van der Waals surface area (Å²) in [5, 5.41) is 9.56. The molecule has 3 aromatic rings. The van der Waals surface area contributed by atoms with E-state index in [0.717, 1.165) is 0 Å². The molecule has 1 aromatic heterocycles. The van der Waals surface area contributed by atoms with Gasteiger partial charge in [0, 0.05) is 18.4 Å². The van der Waals surface area contributed by atoms with Crippen LogP contribution < -0.4 is 10.6 Å². The number of carbonyl (C=O) groups is 2. The van der Waals surface area contributed by atoms with Crippen LogP contribution in [0.25, 0.3) is 0 Å². The number of para-hydroxylation sites is 2. The summed E-state index contributed by atoms with van der Waals surface area (Å²) >= 11 is 0. The van der Waals surface area contributed by atoms with Crippen LogP contribution in [0, 0.1) is 0 Å². The Kier molecular flexibility index (Phi) is 4.38. The highest BCUT2D eigenvalue weighted by Gasteiger charge is 2.22. The molecule has 0 saturated carbocycles. The van der Waals surface area contributed by atoms with Crippen LogP contribution in [0.4, 0.5) is 11.4 Å². The van der Waals surface area contributed by atoms with Gasteiger partial charge in [0.05, 0.1) is 11.8 Å². The molecule has 2 amide bonds. The van der Waals surface area contributed by atoms with Gasteiger partial charge in [-0.15, -0.1) is 0 Å². The number of rotatable bonds is 4. The van der Waals surface area contributed by atoms with Crippen LogP contribution in [0.3, 0.4) is 0 Å². The summed E-state index contributed by atoms with van der Waals surface area (Å²) in [7, 11) is 1.62. The Balaban J connectivity index is 1.83. The summed E-state index contributed by atoms with van der Waals surface area (Å²) in [6, 6.07) is 18.1. The standard InChI is InChI=1S/C18H16N4O2/c1-22-16(18(24)21-14-10-6-3-7-11-14)15(12-19-22)17(23)20-13-8-4-2-5-9-13/h2-12H,1H3,(H,20,23)(H,21,24). The van der Waals surface area contributed by atoms with E-state index in [9.17, 15) is 9.59 Å². The highest BCUT2D eigenvalue weighted by Crippen LogP contribution is 2.14. The fourth-order valence-electron chi connectivity index (χ4n) is 2.30. The smallest absolute Gasteiger partial charge is 0.274 e. The van der Waals surface area contributed by atoms with E-state index in [2.05, 4.69) is 15.7 Å². The van der Waals surface area contributed by atoms with E-state index in [1.165, 1.54) is 10.9 Å². The number of anilines is 2. The molecule has 0 spiro atoms. The third-order valence-corrected chi connectivity index (χ3v) is 3.46. The zero-order valence-electron chi connectivity index (χ0n) is 13.1. The molecular weight excluding hydrogens is 304 g/mol. The van der Waals surface area contributed by atoms with Crippen molar-refractivity contribution in [3.05, 3.63) is 78.1 Å². The summed E-state index contributed by atoms with van der Waals surface area (Å²) in [6.07, 6.45) is 1.39. The molecule has 6 nitrogen and oxygen atoms in total. The Morgan fingerprint density at radius 1 is 0.833 bits per heavy atom. The molecule has 0 atom stereocenters. The second-order valence-corrected chi connectivity index (χ2v) is 5.17. The largest absolute Gasteiger partial charge is 0.322 e. The van der Waals surface area contributed by atoms with Crippen LogP contribution in [-0.2, 0) is 7.05 Å². The molecule has 0 aliphatic rings. The normalized spacial score (nSPS) is 10.2. The number of nitrogens with zero attached hydrogens (tertiary/aromatic N) is 2. The first-order valence-electron chi connectivity index (χ1n) is 7.40. The first kappa shape index (κ1) is 15.5. The first-order chi connectivity index (χ1) is 11.6. The van der Waals surface area contributed by atoms with E-state index in [1.54, 1.807) is 31.3 Å². The average Bonchev–Trinajstić information content (AvgIpc) is 2.98. The van der Waals surface area contributed by atoms with Crippen LogP contribution in [-0.4, -0.2) is 21.6 Å². The van der Waals surface area contributed by atoms with Gasteiger partial charge in [0.2, 0.25) is 0 Å². The molecule has 0 bridgehead atoms. The number of nitrogens with one attached hydrogen (secondary N) is 2. The number of hydrogen-bond donors (Lipinski definition) is 2. The fourth-order valence-corrected chi connectivity index (χ4v) is 2.30. The molecule has 0 radical (unpaired) electrons. The maximum atomic E-state index is 12.5. The maximum Gasteiger partial charge on any atom is 0.274 e. The highest BCUT2D eigenvalue weighted by molar-refractivity contribution is 6.14. The van der Waals surface area contributed by atoms with Crippen molar-refractivity contribution in [3.8, 4) is 0 Å². The third-order valence-electron chi connectivity index (χ3n) is 3.46. The zero-order chi connectivity index (χ0) is 16.9. The Hall–Kier alpha value is -3.41. The van der Waals surface area contributed by atoms with Crippen molar-refractivity contribution in [2.75, 3.05) is 10.6 Å². The van der Waals surface area contributed by atoms with Gasteiger partial charge in [0.15, 0.2) is 0 Å². The van der Waals surface area contributed by atoms with Crippen molar-refractivity contribution in [1.82, 2.24) is 9.78 Å². The summed E-state index contributed by atoms with van der Waals surface area (Å²) < 4.78 is 1.39. The minimum Gasteiger partial charge on any atom is -0.322 e. The Morgan fingerprint density at radius 3 is 1.88 bits per heavy atom.